The van der Waals surface area contributed by atoms with Crippen molar-refractivity contribution in [1.29, 1.82) is 0 Å². The Morgan fingerprint density at radius 2 is 1.93 bits per heavy atom. The summed E-state index contributed by atoms with van der Waals surface area (Å²) in [7, 11) is 1.53. The Bertz CT molecular complexity index is 933. The van der Waals surface area contributed by atoms with Crippen LogP contribution >= 0.6 is 0 Å². The SMILES string of the molecule is CN1C/C=C(/C(=O)NCc2ccc(F)cc2F)C(=O)/C(O)=C(\CC2CCCC2)C1=O. The van der Waals surface area contributed by atoms with Gasteiger partial charge in [0.2, 0.25) is 5.78 Å². The molecule has 2 N–H and O–H groups in total. The topological polar surface area (TPSA) is 86.7 Å². The molecule has 0 saturated heterocycles. The number of carbonyl (C=O) groups excluding carboxylic acids is 3. The molecule has 30 heavy (non-hydrogen) atoms. The fourth-order valence-corrected chi connectivity index (χ4v) is 3.82. The molecule has 6 nitrogen and oxygen atoms in total. The number of allylic oxidation sites excluding steroid dienone is 1. The number of halogens is 2. The number of hydrogen-bond donors (Lipinski definition) is 2. The molecule has 1 heterocycles. The monoisotopic (exact) mass is 418 g/mol. The predicted molar refractivity (Wildman–Crippen MR) is 105 cm³/mol. The Kier molecular flexibility index (Phi) is 6.64. The second-order valence-electron chi connectivity index (χ2n) is 7.73. The van der Waals surface area contributed by atoms with Gasteiger partial charge < -0.3 is 15.3 Å². The molecule has 1 aliphatic heterocycles. The Morgan fingerprint density at radius 1 is 1.23 bits per heavy atom. The zero-order valence-electron chi connectivity index (χ0n) is 16.7. The van der Waals surface area contributed by atoms with E-state index in [9.17, 15) is 28.3 Å². The fraction of sp³-hybridized carbons (Fsp3) is 0.409. The summed E-state index contributed by atoms with van der Waals surface area (Å²) in [5, 5.41) is 12.9. The molecule has 2 aliphatic rings. The summed E-state index contributed by atoms with van der Waals surface area (Å²) in [6.45, 7) is -0.247. The molecule has 1 aliphatic carbocycles. The number of Topliss-reactive ketones (excluding diaryl/α,β-unsaturated/α-hetero) is 1. The van der Waals surface area contributed by atoms with E-state index in [1.54, 1.807) is 0 Å². The Labute approximate surface area is 173 Å². The highest BCUT2D eigenvalue weighted by atomic mass is 19.1. The Balaban J connectivity index is 1.79. The third kappa shape index (κ3) is 4.75. The molecule has 0 atom stereocenters. The van der Waals surface area contributed by atoms with E-state index in [1.165, 1.54) is 24.1 Å². The van der Waals surface area contributed by atoms with E-state index in [0.717, 1.165) is 31.7 Å². The van der Waals surface area contributed by atoms with Gasteiger partial charge in [0.05, 0.1) is 11.1 Å². The average molecular weight is 418 g/mol. The highest BCUT2D eigenvalue weighted by Crippen LogP contribution is 2.32. The van der Waals surface area contributed by atoms with Crippen LogP contribution in [0, 0.1) is 17.6 Å². The summed E-state index contributed by atoms with van der Waals surface area (Å²) in [5.74, 6) is -4.22. The van der Waals surface area contributed by atoms with E-state index >= 15 is 0 Å². The summed E-state index contributed by atoms with van der Waals surface area (Å²) >= 11 is 0. The number of nitrogens with one attached hydrogen (secondary N) is 1. The van der Waals surface area contributed by atoms with Crippen LogP contribution in [0.5, 0.6) is 0 Å². The van der Waals surface area contributed by atoms with Crippen molar-refractivity contribution in [3.8, 4) is 0 Å². The van der Waals surface area contributed by atoms with Gasteiger partial charge in [0.15, 0.2) is 5.76 Å². The highest BCUT2D eigenvalue weighted by molar-refractivity contribution is 6.26. The van der Waals surface area contributed by atoms with Gasteiger partial charge in [-0.1, -0.05) is 31.7 Å². The molecule has 1 aromatic carbocycles. The molecule has 1 fully saturated rings. The Morgan fingerprint density at radius 3 is 2.60 bits per heavy atom. The zero-order valence-corrected chi connectivity index (χ0v) is 16.7. The third-order valence-electron chi connectivity index (χ3n) is 5.59. The Hall–Kier alpha value is -3.03. The van der Waals surface area contributed by atoms with Gasteiger partial charge in [-0.25, -0.2) is 8.78 Å². The van der Waals surface area contributed by atoms with Crippen LogP contribution in [0.1, 0.15) is 37.7 Å². The molecule has 0 bridgehead atoms. The summed E-state index contributed by atoms with van der Waals surface area (Å²) in [4.78, 5) is 39.3. The van der Waals surface area contributed by atoms with Crippen LogP contribution in [0.4, 0.5) is 8.78 Å². The summed E-state index contributed by atoms with van der Waals surface area (Å²) < 4.78 is 26.8. The number of amides is 2. The first-order valence-corrected chi connectivity index (χ1v) is 9.92. The first kappa shape index (κ1) is 21.7. The maximum Gasteiger partial charge on any atom is 0.255 e. The van der Waals surface area contributed by atoms with Crippen molar-refractivity contribution < 1.29 is 28.3 Å². The van der Waals surface area contributed by atoms with Crippen molar-refractivity contribution in [3.63, 3.8) is 0 Å². The standard InChI is InChI=1S/C22H24F2N2O4/c1-26-9-8-16(21(29)25-12-14-6-7-15(23)11-18(14)24)19(27)20(28)17(22(26)30)10-13-4-2-3-5-13/h6-8,11,13,28H,2-5,9-10,12H2,1H3,(H,25,29)/b16-8+,20-17-. The lowest BCUT2D eigenvalue weighted by Gasteiger charge is -2.23. The van der Waals surface area contributed by atoms with Gasteiger partial charge in [-0.15, -0.1) is 0 Å². The smallest absolute Gasteiger partial charge is 0.255 e. The lowest BCUT2D eigenvalue weighted by molar-refractivity contribution is -0.128. The number of rotatable bonds is 5. The summed E-state index contributed by atoms with van der Waals surface area (Å²) in [5.41, 5.74) is -0.242. The maximum atomic E-state index is 13.8. The molecule has 8 heteroatoms. The minimum Gasteiger partial charge on any atom is -0.504 e. The van der Waals surface area contributed by atoms with Crippen LogP contribution in [-0.2, 0) is 20.9 Å². The van der Waals surface area contributed by atoms with E-state index in [-0.39, 0.29) is 42.1 Å². The van der Waals surface area contributed by atoms with Crippen LogP contribution < -0.4 is 5.32 Å². The van der Waals surface area contributed by atoms with E-state index in [4.69, 9.17) is 0 Å². The summed E-state index contributed by atoms with van der Waals surface area (Å²) in [6.07, 6.45) is 5.49. The van der Waals surface area contributed by atoms with Gasteiger partial charge in [-0.3, -0.25) is 14.4 Å². The van der Waals surface area contributed by atoms with E-state index in [2.05, 4.69) is 5.32 Å². The molecule has 0 aromatic heterocycles. The van der Waals surface area contributed by atoms with E-state index < -0.39 is 35.0 Å². The lowest BCUT2D eigenvalue weighted by Crippen LogP contribution is -2.36. The van der Waals surface area contributed by atoms with Crippen LogP contribution in [0.25, 0.3) is 0 Å². The van der Waals surface area contributed by atoms with Crippen molar-refractivity contribution in [3.05, 3.63) is 58.4 Å². The normalized spacial score (nSPS) is 22.5. The largest absolute Gasteiger partial charge is 0.504 e. The van der Waals surface area contributed by atoms with Crippen molar-refractivity contribution in [2.75, 3.05) is 13.6 Å². The average Bonchev–Trinajstić information content (AvgIpc) is 3.23. The van der Waals surface area contributed by atoms with E-state index in [0.29, 0.717) is 6.07 Å². The van der Waals surface area contributed by atoms with Gasteiger partial charge in [0.25, 0.3) is 11.8 Å². The third-order valence-corrected chi connectivity index (χ3v) is 5.59. The van der Waals surface area contributed by atoms with Crippen molar-refractivity contribution in [2.45, 2.75) is 38.6 Å². The number of nitrogens with zero attached hydrogens (tertiary/aromatic N) is 1. The van der Waals surface area contributed by atoms with Crippen molar-refractivity contribution in [2.24, 2.45) is 5.92 Å². The first-order chi connectivity index (χ1) is 14.3. The van der Waals surface area contributed by atoms with Crippen LogP contribution in [0.3, 0.4) is 0 Å². The summed E-state index contributed by atoms with van der Waals surface area (Å²) in [6, 6.07) is 2.96. The second kappa shape index (κ2) is 9.19. The minimum absolute atomic E-state index is 0.0136. The van der Waals surface area contributed by atoms with Gasteiger partial charge in [0, 0.05) is 31.8 Å². The van der Waals surface area contributed by atoms with E-state index in [1.807, 2.05) is 0 Å². The minimum atomic E-state index is -0.929. The number of carbonyl (C=O) groups is 3. The van der Waals surface area contributed by atoms with Gasteiger partial charge in [-0.05, 0) is 24.5 Å². The van der Waals surface area contributed by atoms with Crippen LogP contribution in [0.2, 0.25) is 0 Å². The quantitative estimate of drug-likeness (QED) is 0.720. The molecule has 0 radical (unpaired) electrons. The number of aliphatic hydroxyl groups excluding tert-OH is 1. The first-order valence-electron chi connectivity index (χ1n) is 9.92. The van der Waals surface area contributed by atoms with Gasteiger partial charge in [-0.2, -0.15) is 0 Å². The number of hydrogen-bond acceptors (Lipinski definition) is 4. The molecule has 3 rings (SSSR count). The second-order valence-corrected chi connectivity index (χ2v) is 7.73. The zero-order chi connectivity index (χ0) is 21.8. The van der Waals surface area contributed by atoms with Gasteiger partial charge >= 0.3 is 0 Å². The predicted octanol–water partition coefficient (Wildman–Crippen LogP) is 2.94. The molecule has 2 amide bonds. The van der Waals surface area contributed by atoms with Crippen molar-refractivity contribution in [1.82, 2.24) is 10.2 Å². The highest BCUT2D eigenvalue weighted by Gasteiger charge is 2.32. The number of ketones is 1. The van der Waals surface area contributed by atoms with Gasteiger partial charge in [0.1, 0.15) is 11.6 Å². The molecule has 160 valence electrons. The molecule has 0 spiro atoms. The van der Waals surface area contributed by atoms with Crippen LogP contribution in [0.15, 0.2) is 41.2 Å². The molecular formula is C22H24F2N2O4. The number of likely N-dealkylation sites (N-methyl/N-ethyl adjacent to an activating group) is 1. The maximum absolute atomic E-state index is 13.8. The fourth-order valence-electron chi connectivity index (χ4n) is 3.82. The molecular weight excluding hydrogens is 394 g/mol. The number of benzene rings is 1. The lowest BCUT2D eigenvalue weighted by atomic mass is 9.93. The molecule has 0 unspecified atom stereocenters. The molecule has 1 aromatic rings. The number of aliphatic hydroxyl groups is 1. The molecule has 1 saturated carbocycles. The van der Waals surface area contributed by atoms with Crippen molar-refractivity contribution >= 4 is 17.6 Å². The van der Waals surface area contributed by atoms with Crippen LogP contribution in [-0.4, -0.2) is 41.2 Å².